The highest BCUT2D eigenvalue weighted by Gasteiger charge is 2.35. The average Bonchev–Trinajstić information content (AvgIpc) is 2.95. The van der Waals surface area contributed by atoms with Gasteiger partial charge in [-0.05, 0) is 30.7 Å². The molecule has 132 valence electrons. The number of rotatable bonds is 5. The largest absolute Gasteiger partial charge is 0.308 e. The maximum absolute atomic E-state index is 12.9. The molecule has 0 aromatic heterocycles. The van der Waals surface area contributed by atoms with Crippen molar-refractivity contribution in [2.45, 2.75) is 17.4 Å². The van der Waals surface area contributed by atoms with Crippen molar-refractivity contribution in [3.05, 3.63) is 59.6 Å². The molecule has 0 aliphatic carbocycles. The van der Waals surface area contributed by atoms with E-state index < -0.39 is 9.84 Å². The maximum Gasteiger partial charge on any atom is 0.237 e. The predicted molar refractivity (Wildman–Crippen MR) is 103 cm³/mol. The quantitative estimate of drug-likeness (QED) is 0.725. The lowest BCUT2D eigenvalue weighted by Gasteiger charge is -2.28. The van der Waals surface area contributed by atoms with Crippen molar-refractivity contribution in [3.8, 4) is 0 Å². The number of carbonyl (C=O) groups excluding carboxylic acids is 1. The standard InChI is InChI=1S/C18H18ClNO3S2/c19-16-8-4-5-9-17(16)24-12-18(21)20(14-6-2-1-3-7-14)15-10-11-25(22,23)13-15/h1-9,15H,10-13H2/t15-/m1/s1. The van der Waals surface area contributed by atoms with Crippen molar-refractivity contribution >= 4 is 44.8 Å². The molecule has 1 amide bonds. The van der Waals surface area contributed by atoms with Crippen LogP contribution in [0.25, 0.3) is 0 Å². The zero-order valence-corrected chi connectivity index (χ0v) is 15.9. The van der Waals surface area contributed by atoms with E-state index >= 15 is 0 Å². The number of carbonyl (C=O) groups is 1. The molecule has 0 saturated carbocycles. The van der Waals surface area contributed by atoms with Crippen molar-refractivity contribution in [1.82, 2.24) is 0 Å². The number of halogens is 1. The molecule has 0 N–H and O–H groups in total. The van der Waals surface area contributed by atoms with Gasteiger partial charge in [0, 0.05) is 10.6 Å². The highest BCUT2D eigenvalue weighted by Crippen LogP contribution is 2.29. The Balaban J connectivity index is 1.79. The van der Waals surface area contributed by atoms with E-state index in [4.69, 9.17) is 11.6 Å². The van der Waals surface area contributed by atoms with E-state index in [9.17, 15) is 13.2 Å². The van der Waals surface area contributed by atoms with E-state index in [-0.39, 0.29) is 29.2 Å². The highest BCUT2D eigenvalue weighted by molar-refractivity contribution is 8.00. The van der Waals surface area contributed by atoms with Gasteiger partial charge in [-0.2, -0.15) is 0 Å². The fourth-order valence-electron chi connectivity index (χ4n) is 2.90. The lowest BCUT2D eigenvalue weighted by Crippen LogP contribution is -2.42. The molecule has 7 heteroatoms. The Morgan fingerprint density at radius 2 is 1.80 bits per heavy atom. The molecule has 1 aliphatic rings. The number of hydrogen-bond acceptors (Lipinski definition) is 4. The van der Waals surface area contributed by atoms with Gasteiger partial charge in [-0.15, -0.1) is 11.8 Å². The first-order valence-electron chi connectivity index (χ1n) is 7.91. The third kappa shape index (κ3) is 4.57. The fourth-order valence-corrected chi connectivity index (χ4v) is 5.69. The molecule has 0 unspecified atom stereocenters. The van der Waals surface area contributed by atoms with Crippen LogP contribution in [0, 0.1) is 0 Å². The molecule has 3 rings (SSSR count). The summed E-state index contributed by atoms with van der Waals surface area (Å²) in [5.74, 6) is 0.240. The van der Waals surface area contributed by atoms with Crippen molar-refractivity contribution in [2.24, 2.45) is 0 Å². The minimum absolute atomic E-state index is 0.0182. The second kappa shape index (κ2) is 7.81. The molecular weight excluding hydrogens is 378 g/mol. The van der Waals surface area contributed by atoms with E-state index in [0.717, 1.165) is 10.6 Å². The highest BCUT2D eigenvalue weighted by atomic mass is 35.5. The molecule has 0 bridgehead atoms. The molecule has 1 aliphatic heterocycles. The van der Waals surface area contributed by atoms with Crippen LogP contribution < -0.4 is 4.90 Å². The zero-order valence-electron chi connectivity index (χ0n) is 13.5. The van der Waals surface area contributed by atoms with Crippen LogP contribution in [0.4, 0.5) is 5.69 Å². The molecule has 1 saturated heterocycles. The normalized spacial score (nSPS) is 18.8. The summed E-state index contributed by atoms with van der Waals surface area (Å²) in [5, 5.41) is 0.606. The van der Waals surface area contributed by atoms with Crippen LogP contribution in [0.1, 0.15) is 6.42 Å². The Kier molecular flexibility index (Phi) is 5.71. The summed E-state index contributed by atoms with van der Waals surface area (Å²) >= 11 is 7.51. The van der Waals surface area contributed by atoms with Crippen LogP contribution in [0.2, 0.25) is 5.02 Å². The summed E-state index contributed by atoms with van der Waals surface area (Å²) in [6.07, 6.45) is 0.472. The van der Waals surface area contributed by atoms with Gasteiger partial charge in [-0.3, -0.25) is 4.79 Å². The molecule has 1 fully saturated rings. The molecule has 25 heavy (non-hydrogen) atoms. The van der Waals surface area contributed by atoms with Gasteiger partial charge in [0.1, 0.15) is 0 Å². The van der Waals surface area contributed by atoms with E-state index in [1.165, 1.54) is 11.8 Å². The van der Waals surface area contributed by atoms with Crippen LogP contribution in [-0.4, -0.2) is 37.6 Å². The number of nitrogens with zero attached hydrogens (tertiary/aromatic N) is 1. The number of amides is 1. The van der Waals surface area contributed by atoms with Crippen LogP contribution in [0.15, 0.2) is 59.5 Å². The Morgan fingerprint density at radius 3 is 2.44 bits per heavy atom. The van der Waals surface area contributed by atoms with Crippen LogP contribution in [0.3, 0.4) is 0 Å². The topological polar surface area (TPSA) is 54.5 Å². The van der Waals surface area contributed by atoms with Crippen LogP contribution >= 0.6 is 23.4 Å². The second-order valence-corrected chi connectivity index (χ2v) is 9.53. The minimum Gasteiger partial charge on any atom is -0.308 e. The number of thioether (sulfide) groups is 1. The maximum atomic E-state index is 12.9. The third-order valence-electron chi connectivity index (χ3n) is 4.06. The Labute approximate surface area is 157 Å². The molecule has 2 aromatic rings. The smallest absolute Gasteiger partial charge is 0.237 e. The van der Waals surface area contributed by atoms with Gasteiger partial charge in [-0.25, -0.2) is 8.42 Å². The number of anilines is 1. The summed E-state index contributed by atoms with van der Waals surface area (Å²) in [5.41, 5.74) is 0.731. The first-order chi connectivity index (χ1) is 12.0. The molecule has 2 aromatic carbocycles. The zero-order chi connectivity index (χ0) is 17.9. The van der Waals surface area contributed by atoms with Crippen LogP contribution in [0.5, 0.6) is 0 Å². The third-order valence-corrected chi connectivity index (χ3v) is 7.31. The molecular formula is C18H18ClNO3S2. The van der Waals surface area contributed by atoms with Crippen molar-refractivity contribution in [1.29, 1.82) is 0 Å². The number of benzene rings is 2. The van der Waals surface area contributed by atoms with Crippen LogP contribution in [-0.2, 0) is 14.6 Å². The summed E-state index contributed by atoms with van der Waals surface area (Å²) in [6.45, 7) is 0. The lowest BCUT2D eigenvalue weighted by atomic mass is 10.2. The van der Waals surface area contributed by atoms with Crippen molar-refractivity contribution < 1.29 is 13.2 Å². The van der Waals surface area contributed by atoms with Crippen molar-refractivity contribution in [2.75, 3.05) is 22.2 Å². The average molecular weight is 396 g/mol. The molecule has 4 nitrogen and oxygen atoms in total. The van der Waals surface area contributed by atoms with E-state index in [0.29, 0.717) is 11.4 Å². The molecule has 0 radical (unpaired) electrons. The second-order valence-electron chi connectivity index (χ2n) is 5.88. The predicted octanol–water partition coefficient (Wildman–Crippen LogP) is 3.65. The molecule has 1 heterocycles. The fraction of sp³-hybridized carbons (Fsp3) is 0.278. The van der Waals surface area contributed by atoms with Gasteiger partial charge < -0.3 is 4.90 Å². The summed E-state index contributed by atoms with van der Waals surface area (Å²) in [7, 11) is -3.08. The minimum atomic E-state index is -3.08. The first-order valence-corrected chi connectivity index (χ1v) is 11.1. The number of hydrogen-bond donors (Lipinski definition) is 0. The Morgan fingerprint density at radius 1 is 1.12 bits per heavy atom. The van der Waals surface area contributed by atoms with E-state index in [2.05, 4.69) is 0 Å². The van der Waals surface area contributed by atoms with Gasteiger partial charge in [0.05, 0.1) is 28.3 Å². The Bertz CT molecular complexity index is 856. The van der Waals surface area contributed by atoms with Gasteiger partial charge in [0.15, 0.2) is 9.84 Å². The van der Waals surface area contributed by atoms with Gasteiger partial charge in [0.2, 0.25) is 5.91 Å². The number of para-hydroxylation sites is 1. The molecule has 1 atom stereocenters. The van der Waals surface area contributed by atoms with Gasteiger partial charge in [-0.1, -0.05) is 41.9 Å². The lowest BCUT2D eigenvalue weighted by molar-refractivity contribution is -0.116. The van der Waals surface area contributed by atoms with E-state index in [1.807, 2.05) is 48.5 Å². The van der Waals surface area contributed by atoms with Gasteiger partial charge >= 0.3 is 0 Å². The Hall–Kier alpha value is -1.50. The monoisotopic (exact) mass is 395 g/mol. The van der Waals surface area contributed by atoms with Gasteiger partial charge in [0.25, 0.3) is 0 Å². The SMILES string of the molecule is O=C(CSc1ccccc1Cl)N(c1ccccc1)[C@@H]1CCS(=O)(=O)C1. The summed E-state index contributed by atoms with van der Waals surface area (Å²) in [4.78, 5) is 15.4. The van der Waals surface area contributed by atoms with Crippen molar-refractivity contribution in [3.63, 3.8) is 0 Å². The van der Waals surface area contributed by atoms with E-state index in [1.54, 1.807) is 11.0 Å². The molecule has 0 spiro atoms. The first kappa shape index (κ1) is 18.3. The summed E-state index contributed by atoms with van der Waals surface area (Å²) < 4.78 is 23.7. The summed E-state index contributed by atoms with van der Waals surface area (Å²) in [6, 6.07) is 16.3. The number of sulfone groups is 1.